The summed E-state index contributed by atoms with van der Waals surface area (Å²) in [7, 11) is 0. The number of halogens is 1. The molecule has 4 nitrogen and oxygen atoms in total. The van der Waals surface area contributed by atoms with Crippen LogP contribution in [0.25, 0.3) is 0 Å². The number of hydrogen-bond acceptors (Lipinski definition) is 4. The Morgan fingerprint density at radius 2 is 1.83 bits per heavy atom. The molecule has 1 fully saturated rings. The minimum Gasteiger partial charge on any atom is -0.304 e. The van der Waals surface area contributed by atoms with Gasteiger partial charge in [0.1, 0.15) is 5.82 Å². The van der Waals surface area contributed by atoms with E-state index in [1.54, 1.807) is 0 Å². The summed E-state index contributed by atoms with van der Waals surface area (Å²) in [5.41, 5.74) is 2.27. The lowest BCUT2D eigenvalue weighted by Crippen LogP contribution is -2.26. The Hall–Kier alpha value is -2.47. The number of hydrogen-bond donors (Lipinski definition) is 1. The van der Waals surface area contributed by atoms with Crippen molar-refractivity contribution in [2.45, 2.75) is 18.6 Å². The summed E-state index contributed by atoms with van der Waals surface area (Å²) in [5, 5.41) is 2.66. The first-order valence-corrected chi connectivity index (χ1v) is 8.31. The van der Waals surface area contributed by atoms with Crippen LogP contribution >= 0.6 is 11.8 Å². The first-order chi connectivity index (χ1) is 11.5. The molecule has 1 atom stereocenters. The number of nitrogens with one attached hydrogen (secondary N) is 1. The van der Waals surface area contributed by atoms with Gasteiger partial charge in [-0.1, -0.05) is 29.5 Å². The van der Waals surface area contributed by atoms with Gasteiger partial charge in [-0.15, -0.1) is 0 Å². The van der Waals surface area contributed by atoms with Gasteiger partial charge in [0.15, 0.2) is 11.0 Å². The summed E-state index contributed by atoms with van der Waals surface area (Å²) < 4.78 is 12.9. The zero-order valence-electron chi connectivity index (χ0n) is 13.0. The summed E-state index contributed by atoms with van der Waals surface area (Å²) in [6, 6.07) is 12.9. The average molecular weight is 342 g/mol. The number of nitrogens with zero attached hydrogens (tertiary/aromatic N) is 1. The zero-order chi connectivity index (χ0) is 17.1. The molecule has 2 aromatic carbocycles. The number of carbonyl (C=O) groups excluding carboxylic acids is 2. The molecular formula is C18H15FN2O2S. The van der Waals surface area contributed by atoms with E-state index in [0.29, 0.717) is 10.7 Å². The first kappa shape index (κ1) is 16.4. The molecule has 1 N–H and O–H groups in total. The average Bonchev–Trinajstić information content (AvgIpc) is 2.89. The van der Waals surface area contributed by atoms with E-state index >= 15 is 0 Å². The molecule has 0 saturated carbocycles. The standard InChI is InChI=1S/C18H15FN2O2S/c1-11-2-8-14(9-3-11)20-18-21-17(23)16(24-18)10-15(22)12-4-6-13(19)7-5-12/h2-9,16H,10H2,1H3,(H,20,21,23). The van der Waals surface area contributed by atoms with Gasteiger partial charge in [0.05, 0.1) is 10.9 Å². The van der Waals surface area contributed by atoms with Crippen LogP contribution in [0.2, 0.25) is 0 Å². The molecule has 6 heteroatoms. The highest BCUT2D eigenvalue weighted by molar-refractivity contribution is 8.15. The molecule has 3 rings (SSSR count). The van der Waals surface area contributed by atoms with E-state index in [1.165, 1.54) is 36.0 Å². The second-order valence-electron chi connectivity index (χ2n) is 5.48. The van der Waals surface area contributed by atoms with Gasteiger partial charge < -0.3 is 5.32 Å². The topological polar surface area (TPSA) is 58.5 Å². The van der Waals surface area contributed by atoms with Crippen molar-refractivity contribution < 1.29 is 14.0 Å². The molecule has 122 valence electrons. The SMILES string of the molecule is Cc1ccc(N=C2NC(=O)C(CC(=O)c3ccc(F)cc3)S2)cc1. The smallest absolute Gasteiger partial charge is 0.240 e. The maximum absolute atomic E-state index is 12.9. The second-order valence-corrected chi connectivity index (χ2v) is 6.67. The fourth-order valence-electron chi connectivity index (χ4n) is 2.25. The summed E-state index contributed by atoms with van der Waals surface area (Å²) in [6.07, 6.45) is 0.0506. The largest absolute Gasteiger partial charge is 0.304 e. The molecule has 0 spiro atoms. The number of amidine groups is 1. The lowest BCUT2D eigenvalue weighted by molar-refractivity contribution is -0.118. The number of Topliss-reactive ketones (excluding diaryl/α,β-unsaturated/α-hetero) is 1. The van der Waals surface area contributed by atoms with Crippen molar-refractivity contribution in [2.75, 3.05) is 0 Å². The number of benzene rings is 2. The third kappa shape index (κ3) is 3.89. The second kappa shape index (κ2) is 6.97. The molecule has 2 aromatic rings. The van der Waals surface area contributed by atoms with Crippen LogP contribution < -0.4 is 5.32 Å². The van der Waals surface area contributed by atoms with Crippen LogP contribution in [0.5, 0.6) is 0 Å². The van der Waals surface area contributed by atoms with Gasteiger partial charge in [-0.3, -0.25) is 9.59 Å². The molecular weight excluding hydrogens is 327 g/mol. The number of thioether (sulfide) groups is 1. The molecule has 0 radical (unpaired) electrons. The molecule has 0 aliphatic carbocycles. The van der Waals surface area contributed by atoms with Crippen LogP contribution in [0.1, 0.15) is 22.3 Å². The van der Waals surface area contributed by atoms with Crippen molar-refractivity contribution in [3.8, 4) is 0 Å². The van der Waals surface area contributed by atoms with E-state index in [-0.39, 0.29) is 18.1 Å². The maximum atomic E-state index is 12.9. The van der Waals surface area contributed by atoms with E-state index in [0.717, 1.165) is 11.3 Å². The van der Waals surface area contributed by atoms with Gasteiger partial charge in [0, 0.05) is 12.0 Å². The van der Waals surface area contributed by atoms with E-state index in [1.807, 2.05) is 31.2 Å². The Balaban J connectivity index is 1.67. The summed E-state index contributed by atoms with van der Waals surface area (Å²) in [6.45, 7) is 1.99. The summed E-state index contributed by atoms with van der Waals surface area (Å²) in [4.78, 5) is 28.6. The van der Waals surface area contributed by atoms with Crippen molar-refractivity contribution >= 4 is 34.3 Å². The van der Waals surface area contributed by atoms with Gasteiger partial charge in [-0.05, 0) is 43.3 Å². The van der Waals surface area contributed by atoms with Crippen LogP contribution in [0.15, 0.2) is 53.5 Å². The highest BCUT2D eigenvalue weighted by Gasteiger charge is 2.32. The minimum absolute atomic E-state index is 0.0506. The van der Waals surface area contributed by atoms with Crippen LogP contribution in [0.3, 0.4) is 0 Å². The monoisotopic (exact) mass is 342 g/mol. The van der Waals surface area contributed by atoms with Gasteiger partial charge in [0.2, 0.25) is 5.91 Å². The predicted octanol–water partition coefficient (Wildman–Crippen LogP) is 3.63. The van der Waals surface area contributed by atoms with Gasteiger partial charge in [-0.2, -0.15) is 0 Å². The fourth-order valence-corrected chi connectivity index (χ4v) is 3.24. The van der Waals surface area contributed by atoms with Gasteiger partial charge in [0.25, 0.3) is 0 Å². The quantitative estimate of drug-likeness (QED) is 0.863. The lowest BCUT2D eigenvalue weighted by atomic mass is 10.1. The number of aliphatic imine (C=N–C) groups is 1. The molecule has 1 saturated heterocycles. The van der Waals surface area contributed by atoms with Crippen molar-refractivity contribution in [2.24, 2.45) is 4.99 Å². The Morgan fingerprint density at radius 1 is 1.17 bits per heavy atom. The van der Waals surface area contributed by atoms with E-state index in [9.17, 15) is 14.0 Å². The van der Waals surface area contributed by atoms with E-state index in [2.05, 4.69) is 10.3 Å². The highest BCUT2D eigenvalue weighted by Crippen LogP contribution is 2.26. The first-order valence-electron chi connectivity index (χ1n) is 7.43. The Morgan fingerprint density at radius 3 is 2.50 bits per heavy atom. The molecule has 1 amide bonds. The molecule has 0 bridgehead atoms. The van der Waals surface area contributed by atoms with E-state index in [4.69, 9.17) is 0 Å². The number of rotatable bonds is 4. The number of ketones is 1. The van der Waals surface area contributed by atoms with Crippen LogP contribution in [-0.4, -0.2) is 22.1 Å². The van der Waals surface area contributed by atoms with Crippen molar-refractivity contribution in [1.82, 2.24) is 5.32 Å². The molecule has 24 heavy (non-hydrogen) atoms. The van der Waals surface area contributed by atoms with Crippen LogP contribution in [0.4, 0.5) is 10.1 Å². The van der Waals surface area contributed by atoms with Gasteiger partial charge >= 0.3 is 0 Å². The van der Waals surface area contributed by atoms with Gasteiger partial charge in [-0.25, -0.2) is 9.38 Å². The predicted molar refractivity (Wildman–Crippen MR) is 93.1 cm³/mol. The summed E-state index contributed by atoms with van der Waals surface area (Å²) in [5.74, 6) is -0.826. The number of carbonyl (C=O) groups is 2. The normalized spacial score (nSPS) is 18.7. The number of amides is 1. The number of aryl methyl sites for hydroxylation is 1. The summed E-state index contributed by atoms with van der Waals surface area (Å²) >= 11 is 1.24. The Kier molecular flexibility index (Phi) is 4.76. The Labute approximate surface area is 143 Å². The Bertz CT molecular complexity index is 801. The fraction of sp³-hybridized carbons (Fsp3) is 0.167. The van der Waals surface area contributed by atoms with Crippen LogP contribution in [-0.2, 0) is 4.79 Å². The molecule has 1 heterocycles. The minimum atomic E-state index is -0.522. The third-order valence-corrected chi connectivity index (χ3v) is 4.66. The van der Waals surface area contributed by atoms with Crippen molar-refractivity contribution in [3.05, 3.63) is 65.5 Å². The lowest BCUT2D eigenvalue weighted by Gasteiger charge is -2.04. The molecule has 1 aliphatic rings. The zero-order valence-corrected chi connectivity index (χ0v) is 13.8. The molecule has 1 aliphatic heterocycles. The van der Waals surface area contributed by atoms with E-state index < -0.39 is 11.1 Å². The highest BCUT2D eigenvalue weighted by atomic mass is 32.2. The van der Waals surface area contributed by atoms with Crippen molar-refractivity contribution in [3.63, 3.8) is 0 Å². The maximum Gasteiger partial charge on any atom is 0.240 e. The van der Waals surface area contributed by atoms with Crippen molar-refractivity contribution in [1.29, 1.82) is 0 Å². The molecule has 1 unspecified atom stereocenters. The third-order valence-electron chi connectivity index (χ3n) is 3.58. The molecule has 0 aromatic heterocycles. The van der Waals surface area contributed by atoms with Crippen LogP contribution in [0, 0.1) is 12.7 Å².